The van der Waals surface area contributed by atoms with Crippen molar-refractivity contribution in [2.75, 3.05) is 6.26 Å². The minimum Gasteiger partial charge on any atom is -0.362 e. The standard InChI is InChI=1S/C12H11NO5S2/c1-19(14,15)18-11-8-5-9-12(13-11)20(16,17)10-6-3-2-4-7-10/h2-9H,1H3. The lowest BCUT2D eigenvalue weighted by atomic mass is 10.4. The van der Waals surface area contributed by atoms with Crippen molar-refractivity contribution in [2.45, 2.75) is 9.92 Å². The summed E-state index contributed by atoms with van der Waals surface area (Å²) in [7, 11) is -7.56. The van der Waals surface area contributed by atoms with E-state index in [9.17, 15) is 16.8 Å². The van der Waals surface area contributed by atoms with Gasteiger partial charge >= 0.3 is 10.1 Å². The molecule has 0 aliphatic rings. The lowest BCUT2D eigenvalue weighted by Gasteiger charge is -2.06. The molecule has 6 nitrogen and oxygen atoms in total. The molecule has 0 spiro atoms. The molecule has 20 heavy (non-hydrogen) atoms. The van der Waals surface area contributed by atoms with Crippen LogP contribution < -0.4 is 4.18 Å². The van der Waals surface area contributed by atoms with Crippen molar-refractivity contribution in [1.29, 1.82) is 0 Å². The van der Waals surface area contributed by atoms with Crippen LogP contribution in [-0.4, -0.2) is 28.1 Å². The lowest BCUT2D eigenvalue weighted by molar-refractivity contribution is 0.479. The zero-order chi connectivity index (χ0) is 14.8. The Labute approximate surface area is 117 Å². The van der Waals surface area contributed by atoms with Crippen molar-refractivity contribution in [2.24, 2.45) is 0 Å². The Morgan fingerprint density at radius 3 is 2.15 bits per heavy atom. The number of hydrogen-bond acceptors (Lipinski definition) is 6. The van der Waals surface area contributed by atoms with Gasteiger partial charge in [0.1, 0.15) is 0 Å². The van der Waals surface area contributed by atoms with Gasteiger partial charge in [-0.25, -0.2) is 13.4 Å². The third-order valence-electron chi connectivity index (χ3n) is 2.26. The molecule has 0 bridgehead atoms. The Bertz CT molecular complexity index is 814. The Morgan fingerprint density at radius 2 is 1.55 bits per heavy atom. The highest BCUT2D eigenvalue weighted by atomic mass is 32.2. The summed E-state index contributed by atoms with van der Waals surface area (Å²) in [6.07, 6.45) is 0.854. The van der Waals surface area contributed by atoms with Crippen LogP contribution in [-0.2, 0) is 20.0 Å². The van der Waals surface area contributed by atoms with E-state index in [-0.39, 0.29) is 15.8 Å². The SMILES string of the molecule is CS(=O)(=O)Oc1cccc(S(=O)(=O)c2ccccc2)n1. The quantitative estimate of drug-likeness (QED) is 0.789. The van der Waals surface area contributed by atoms with E-state index in [1.807, 2.05) is 0 Å². The van der Waals surface area contributed by atoms with Crippen LogP contribution in [0, 0.1) is 0 Å². The van der Waals surface area contributed by atoms with Gasteiger partial charge in [-0.05, 0) is 18.2 Å². The van der Waals surface area contributed by atoms with Gasteiger partial charge in [0, 0.05) is 6.07 Å². The normalized spacial score (nSPS) is 12.1. The van der Waals surface area contributed by atoms with E-state index in [1.54, 1.807) is 18.2 Å². The number of sulfone groups is 1. The van der Waals surface area contributed by atoms with Crippen LogP contribution in [0.4, 0.5) is 0 Å². The van der Waals surface area contributed by atoms with Crippen LogP contribution in [0.5, 0.6) is 5.88 Å². The molecular formula is C12H11NO5S2. The monoisotopic (exact) mass is 313 g/mol. The second-order valence-corrected chi connectivity index (χ2v) is 7.39. The maximum Gasteiger partial charge on any atom is 0.307 e. The molecule has 0 saturated carbocycles. The number of benzene rings is 1. The Balaban J connectivity index is 2.46. The summed E-state index contributed by atoms with van der Waals surface area (Å²) < 4.78 is 51.2. The molecule has 106 valence electrons. The fraction of sp³-hybridized carbons (Fsp3) is 0.0833. The van der Waals surface area contributed by atoms with E-state index in [0.717, 1.165) is 6.26 Å². The minimum atomic E-state index is -3.80. The highest BCUT2D eigenvalue weighted by Gasteiger charge is 2.20. The topological polar surface area (TPSA) is 90.4 Å². The van der Waals surface area contributed by atoms with Gasteiger partial charge in [-0.15, -0.1) is 0 Å². The highest BCUT2D eigenvalue weighted by Crippen LogP contribution is 2.21. The van der Waals surface area contributed by atoms with Crippen LogP contribution in [0.25, 0.3) is 0 Å². The molecule has 0 fully saturated rings. The third-order valence-corrected chi connectivity index (χ3v) is 4.41. The number of pyridine rings is 1. The first-order chi connectivity index (χ1) is 9.29. The maximum atomic E-state index is 12.3. The van der Waals surface area contributed by atoms with Crippen molar-refractivity contribution in [1.82, 2.24) is 4.98 Å². The van der Waals surface area contributed by atoms with Crippen molar-refractivity contribution < 1.29 is 21.0 Å². The highest BCUT2D eigenvalue weighted by molar-refractivity contribution is 7.91. The van der Waals surface area contributed by atoms with Crippen molar-refractivity contribution in [3.05, 3.63) is 48.5 Å². The van der Waals surface area contributed by atoms with Crippen LogP contribution in [0.3, 0.4) is 0 Å². The molecular weight excluding hydrogens is 302 g/mol. The molecule has 1 aromatic carbocycles. The van der Waals surface area contributed by atoms with Crippen LogP contribution in [0.2, 0.25) is 0 Å². The summed E-state index contributed by atoms with van der Waals surface area (Å²) in [6, 6.07) is 11.6. The van der Waals surface area contributed by atoms with E-state index in [0.29, 0.717) is 0 Å². The summed E-state index contributed by atoms with van der Waals surface area (Å²) in [5, 5.41) is -0.273. The summed E-state index contributed by atoms with van der Waals surface area (Å²) in [5.74, 6) is -0.287. The molecule has 1 aromatic heterocycles. The Hall–Kier alpha value is -1.93. The molecule has 0 atom stereocenters. The van der Waals surface area contributed by atoms with Gasteiger partial charge in [-0.3, -0.25) is 0 Å². The fourth-order valence-electron chi connectivity index (χ4n) is 1.47. The summed E-state index contributed by atoms with van der Waals surface area (Å²) >= 11 is 0. The van der Waals surface area contributed by atoms with Gasteiger partial charge in [0.25, 0.3) is 0 Å². The smallest absolute Gasteiger partial charge is 0.307 e. The predicted octanol–water partition coefficient (Wildman–Crippen LogP) is 1.25. The molecule has 8 heteroatoms. The Morgan fingerprint density at radius 1 is 0.900 bits per heavy atom. The van der Waals surface area contributed by atoms with Crippen molar-refractivity contribution in [3.8, 4) is 5.88 Å². The van der Waals surface area contributed by atoms with Crippen LogP contribution >= 0.6 is 0 Å². The van der Waals surface area contributed by atoms with Gasteiger partial charge in [-0.1, -0.05) is 24.3 Å². The maximum absolute atomic E-state index is 12.3. The first-order valence-corrected chi connectivity index (χ1v) is 8.76. The molecule has 0 N–H and O–H groups in total. The summed E-state index contributed by atoms with van der Waals surface area (Å²) in [4.78, 5) is 3.79. The second-order valence-electron chi connectivity index (χ2n) is 3.92. The molecule has 2 rings (SSSR count). The third kappa shape index (κ3) is 3.34. The van der Waals surface area contributed by atoms with E-state index < -0.39 is 20.0 Å². The van der Waals surface area contributed by atoms with Gasteiger partial charge in [0.2, 0.25) is 15.7 Å². The Kier molecular flexibility index (Phi) is 3.78. The largest absolute Gasteiger partial charge is 0.362 e. The number of hydrogen-bond donors (Lipinski definition) is 0. The average Bonchev–Trinajstić information content (AvgIpc) is 2.38. The number of rotatable bonds is 4. The van der Waals surface area contributed by atoms with Crippen LogP contribution in [0.1, 0.15) is 0 Å². The number of nitrogens with zero attached hydrogens (tertiary/aromatic N) is 1. The second kappa shape index (κ2) is 5.22. The molecule has 0 aliphatic carbocycles. The molecule has 2 aromatic rings. The van der Waals surface area contributed by atoms with E-state index >= 15 is 0 Å². The zero-order valence-corrected chi connectivity index (χ0v) is 12.1. The summed E-state index contributed by atoms with van der Waals surface area (Å²) in [6.45, 7) is 0. The van der Waals surface area contributed by atoms with Crippen molar-refractivity contribution >= 4 is 20.0 Å². The van der Waals surface area contributed by atoms with Gasteiger partial charge in [0.15, 0.2) is 5.03 Å². The lowest BCUT2D eigenvalue weighted by Crippen LogP contribution is -2.09. The van der Waals surface area contributed by atoms with Crippen molar-refractivity contribution in [3.63, 3.8) is 0 Å². The van der Waals surface area contributed by atoms with Gasteiger partial charge in [0.05, 0.1) is 11.2 Å². The van der Waals surface area contributed by atoms with E-state index in [4.69, 9.17) is 0 Å². The fourth-order valence-corrected chi connectivity index (χ4v) is 3.10. The van der Waals surface area contributed by atoms with E-state index in [2.05, 4.69) is 9.17 Å². The predicted molar refractivity (Wildman–Crippen MR) is 71.6 cm³/mol. The molecule has 0 aliphatic heterocycles. The molecule has 0 unspecified atom stereocenters. The average molecular weight is 313 g/mol. The summed E-state index contributed by atoms with van der Waals surface area (Å²) in [5.41, 5.74) is 0. The van der Waals surface area contributed by atoms with Gasteiger partial charge in [-0.2, -0.15) is 8.42 Å². The first kappa shape index (κ1) is 14.5. The number of aromatic nitrogens is 1. The molecule has 0 saturated heterocycles. The van der Waals surface area contributed by atoms with Crippen LogP contribution in [0.15, 0.2) is 58.5 Å². The molecule has 0 radical (unpaired) electrons. The minimum absolute atomic E-state index is 0.0732. The van der Waals surface area contributed by atoms with Gasteiger partial charge < -0.3 is 4.18 Å². The first-order valence-electron chi connectivity index (χ1n) is 5.46. The molecule has 0 amide bonds. The molecule has 1 heterocycles. The zero-order valence-electron chi connectivity index (χ0n) is 10.4. The van der Waals surface area contributed by atoms with E-state index in [1.165, 1.54) is 30.3 Å².